The van der Waals surface area contributed by atoms with Crippen LogP contribution in [0.5, 0.6) is 0 Å². The number of nitrogens with one attached hydrogen (secondary N) is 1. The predicted molar refractivity (Wildman–Crippen MR) is 138 cm³/mol. The van der Waals surface area contributed by atoms with Crippen LogP contribution < -0.4 is 9.62 Å². The average Bonchev–Trinajstić information content (AvgIpc) is 2.77. The fourth-order valence-electron chi connectivity index (χ4n) is 3.60. The number of sulfonamides is 1. The summed E-state index contributed by atoms with van der Waals surface area (Å²) in [6, 6.07) is 9.94. The fourth-order valence-corrected chi connectivity index (χ4v) is 4.93. The Morgan fingerprint density at radius 3 is 2.32 bits per heavy atom. The van der Waals surface area contributed by atoms with E-state index in [1.807, 2.05) is 32.0 Å². The molecule has 1 atom stereocenters. The van der Waals surface area contributed by atoms with E-state index in [4.69, 9.17) is 23.2 Å². The summed E-state index contributed by atoms with van der Waals surface area (Å²) in [5.41, 5.74) is 3.10. The number of aryl methyl sites for hydroxylation is 2. The molecule has 0 fully saturated rings. The van der Waals surface area contributed by atoms with Crippen molar-refractivity contribution in [2.45, 2.75) is 46.2 Å². The van der Waals surface area contributed by atoms with Crippen LogP contribution in [0.25, 0.3) is 0 Å². The van der Waals surface area contributed by atoms with E-state index in [1.165, 1.54) is 16.3 Å². The lowest BCUT2D eigenvalue weighted by atomic mass is 10.1. The molecule has 7 nitrogen and oxygen atoms in total. The van der Waals surface area contributed by atoms with E-state index < -0.39 is 16.1 Å². The maximum Gasteiger partial charge on any atom is 0.242 e. The molecule has 10 heteroatoms. The van der Waals surface area contributed by atoms with Gasteiger partial charge in [0.05, 0.1) is 22.0 Å². The van der Waals surface area contributed by atoms with Crippen molar-refractivity contribution in [1.82, 2.24) is 10.2 Å². The minimum atomic E-state index is -3.55. The lowest BCUT2D eigenvalue weighted by molar-refractivity contribution is -0.140. The molecule has 0 radical (unpaired) electrons. The number of hydrogen-bond donors (Lipinski definition) is 1. The maximum absolute atomic E-state index is 13.2. The molecule has 0 aliphatic carbocycles. The van der Waals surface area contributed by atoms with E-state index in [9.17, 15) is 18.0 Å². The Kier molecular flexibility index (Phi) is 9.79. The lowest BCUT2D eigenvalue weighted by Crippen LogP contribution is -2.46. The summed E-state index contributed by atoms with van der Waals surface area (Å²) >= 11 is 12.1. The first-order chi connectivity index (χ1) is 15.8. The molecule has 0 saturated carbocycles. The predicted octanol–water partition coefficient (Wildman–Crippen LogP) is 4.32. The van der Waals surface area contributed by atoms with Crippen molar-refractivity contribution in [3.8, 4) is 0 Å². The molecule has 0 saturated heterocycles. The number of rotatable bonds is 10. The average molecular weight is 529 g/mol. The monoisotopic (exact) mass is 527 g/mol. The van der Waals surface area contributed by atoms with Crippen molar-refractivity contribution >= 4 is 50.7 Å². The summed E-state index contributed by atoms with van der Waals surface area (Å²) in [7, 11) is -2.04. The smallest absolute Gasteiger partial charge is 0.242 e. The first-order valence-corrected chi connectivity index (χ1v) is 13.5. The van der Waals surface area contributed by atoms with Crippen LogP contribution in [0, 0.1) is 13.8 Å². The van der Waals surface area contributed by atoms with Crippen LogP contribution in [-0.4, -0.2) is 51.0 Å². The molecule has 2 aromatic rings. The topological polar surface area (TPSA) is 86.8 Å². The molecule has 0 unspecified atom stereocenters. The second-order valence-electron chi connectivity index (χ2n) is 8.29. The van der Waals surface area contributed by atoms with Crippen molar-refractivity contribution in [3.05, 3.63) is 63.1 Å². The standard InChI is InChI=1S/C24H31Cl2N3O4S/c1-16-8-9-17(2)22(13-16)29(34(5,32)33)12-6-7-23(30)28(18(3)24(31)27-4)15-19-10-11-20(25)21(26)14-19/h8-11,13-14,18H,6-7,12,15H2,1-5H3,(H,27,31)/t18-/m0/s1. The van der Waals surface area contributed by atoms with Gasteiger partial charge in [-0.1, -0.05) is 41.4 Å². The Balaban J connectivity index is 2.20. The highest BCUT2D eigenvalue weighted by atomic mass is 35.5. The van der Waals surface area contributed by atoms with Crippen LogP contribution in [0.2, 0.25) is 10.0 Å². The molecule has 2 amide bonds. The van der Waals surface area contributed by atoms with Gasteiger partial charge in [-0.15, -0.1) is 0 Å². The number of halogens is 2. The van der Waals surface area contributed by atoms with Crippen LogP contribution in [0.3, 0.4) is 0 Å². The summed E-state index contributed by atoms with van der Waals surface area (Å²) in [5.74, 6) is -0.571. The van der Waals surface area contributed by atoms with Crippen LogP contribution in [-0.2, 0) is 26.2 Å². The van der Waals surface area contributed by atoms with E-state index in [0.29, 0.717) is 15.7 Å². The molecule has 1 N–H and O–H groups in total. The van der Waals surface area contributed by atoms with Crippen LogP contribution >= 0.6 is 23.2 Å². The first-order valence-electron chi connectivity index (χ1n) is 10.8. The number of carbonyl (C=O) groups excluding carboxylic acids is 2. The molecule has 0 aromatic heterocycles. The molecule has 2 rings (SSSR count). The van der Waals surface area contributed by atoms with E-state index in [0.717, 1.165) is 22.9 Å². The van der Waals surface area contributed by atoms with Crippen molar-refractivity contribution < 1.29 is 18.0 Å². The SMILES string of the molecule is CNC(=O)[C@H](C)N(Cc1ccc(Cl)c(Cl)c1)C(=O)CCCN(c1cc(C)ccc1C)S(C)(=O)=O. The minimum absolute atomic E-state index is 0.0690. The Morgan fingerprint density at radius 2 is 1.74 bits per heavy atom. The minimum Gasteiger partial charge on any atom is -0.357 e. The molecule has 0 aliphatic heterocycles. The Labute approximate surface area is 212 Å². The van der Waals surface area contributed by atoms with Gasteiger partial charge < -0.3 is 10.2 Å². The number of anilines is 1. The Hall–Kier alpha value is -2.29. The van der Waals surface area contributed by atoms with Gasteiger partial charge in [0.15, 0.2) is 0 Å². The van der Waals surface area contributed by atoms with Gasteiger partial charge in [-0.25, -0.2) is 8.42 Å². The molecule has 2 aromatic carbocycles. The number of nitrogens with zero attached hydrogens (tertiary/aromatic N) is 2. The molecular formula is C24H31Cl2N3O4S. The van der Waals surface area contributed by atoms with Gasteiger partial charge in [-0.2, -0.15) is 0 Å². The number of carbonyl (C=O) groups is 2. The fraction of sp³-hybridized carbons (Fsp3) is 0.417. The molecule has 186 valence electrons. The lowest BCUT2D eigenvalue weighted by Gasteiger charge is -2.29. The third-order valence-electron chi connectivity index (χ3n) is 5.54. The quantitative estimate of drug-likeness (QED) is 0.498. The molecule has 0 aliphatic rings. The highest BCUT2D eigenvalue weighted by molar-refractivity contribution is 7.92. The first kappa shape index (κ1) is 28.0. The van der Waals surface area contributed by atoms with Crippen LogP contribution in [0.4, 0.5) is 5.69 Å². The highest BCUT2D eigenvalue weighted by Crippen LogP contribution is 2.26. The summed E-state index contributed by atoms with van der Waals surface area (Å²) in [4.78, 5) is 26.9. The highest BCUT2D eigenvalue weighted by Gasteiger charge is 2.26. The van der Waals surface area contributed by atoms with Gasteiger partial charge in [0.2, 0.25) is 21.8 Å². The van der Waals surface area contributed by atoms with Crippen molar-refractivity contribution in [1.29, 1.82) is 0 Å². The molecule has 0 spiro atoms. The van der Waals surface area contributed by atoms with Gasteiger partial charge in [0, 0.05) is 26.6 Å². The van der Waals surface area contributed by atoms with Crippen molar-refractivity contribution in [3.63, 3.8) is 0 Å². The van der Waals surface area contributed by atoms with E-state index in [-0.39, 0.29) is 37.7 Å². The number of hydrogen-bond acceptors (Lipinski definition) is 4. The third-order valence-corrected chi connectivity index (χ3v) is 7.46. The maximum atomic E-state index is 13.2. The van der Waals surface area contributed by atoms with E-state index in [1.54, 1.807) is 25.1 Å². The molecule has 34 heavy (non-hydrogen) atoms. The summed E-state index contributed by atoms with van der Waals surface area (Å²) in [6.07, 6.45) is 1.51. The number of likely N-dealkylation sites (N-methyl/N-ethyl adjacent to an activating group) is 1. The zero-order valence-corrected chi connectivity index (χ0v) is 22.4. The Bertz CT molecular complexity index is 1150. The van der Waals surface area contributed by atoms with Crippen molar-refractivity contribution in [2.75, 3.05) is 24.2 Å². The molecule has 0 heterocycles. The number of amides is 2. The summed E-state index contributed by atoms with van der Waals surface area (Å²) < 4.78 is 26.3. The van der Waals surface area contributed by atoms with Gasteiger partial charge >= 0.3 is 0 Å². The van der Waals surface area contributed by atoms with E-state index >= 15 is 0 Å². The second-order valence-corrected chi connectivity index (χ2v) is 11.0. The van der Waals surface area contributed by atoms with E-state index in [2.05, 4.69) is 5.32 Å². The van der Waals surface area contributed by atoms with Crippen molar-refractivity contribution in [2.24, 2.45) is 0 Å². The van der Waals surface area contributed by atoms with Gasteiger partial charge in [0.25, 0.3) is 0 Å². The number of benzene rings is 2. The third kappa shape index (κ3) is 7.35. The normalized spacial score (nSPS) is 12.2. The molecular weight excluding hydrogens is 497 g/mol. The van der Waals surface area contributed by atoms with Gasteiger partial charge in [-0.05, 0) is 62.1 Å². The van der Waals surface area contributed by atoms with Gasteiger partial charge in [0.1, 0.15) is 6.04 Å². The second kappa shape index (κ2) is 11.9. The zero-order chi connectivity index (χ0) is 25.6. The van der Waals surface area contributed by atoms with Crippen LogP contribution in [0.15, 0.2) is 36.4 Å². The molecule has 0 bridgehead atoms. The zero-order valence-electron chi connectivity index (χ0n) is 20.1. The van der Waals surface area contributed by atoms with Crippen LogP contribution in [0.1, 0.15) is 36.5 Å². The largest absolute Gasteiger partial charge is 0.357 e. The Morgan fingerprint density at radius 1 is 1.06 bits per heavy atom. The summed E-state index contributed by atoms with van der Waals surface area (Å²) in [5, 5.41) is 3.32. The summed E-state index contributed by atoms with van der Waals surface area (Å²) in [6.45, 7) is 5.70. The van der Waals surface area contributed by atoms with Gasteiger partial charge in [-0.3, -0.25) is 13.9 Å².